The van der Waals surface area contributed by atoms with Crippen molar-refractivity contribution in [3.8, 4) is 0 Å². The summed E-state index contributed by atoms with van der Waals surface area (Å²) in [5, 5.41) is 15.5. The third kappa shape index (κ3) is 3.86. The number of hydrogen-bond acceptors (Lipinski definition) is 5. The molecule has 1 aliphatic carbocycles. The van der Waals surface area contributed by atoms with Crippen LogP contribution < -0.4 is 10.2 Å². The summed E-state index contributed by atoms with van der Waals surface area (Å²) in [6.45, 7) is 2.40. The SMILES string of the molecule is O=C(NCCC1=CCCCC1)[C@@H]1CCCN(c2ccc3nncn3n2)C1. The Hall–Kier alpha value is -2.44. The molecule has 1 atom stereocenters. The zero-order chi connectivity index (χ0) is 17.8. The van der Waals surface area contributed by atoms with Gasteiger partial charge in [-0.05, 0) is 57.1 Å². The highest BCUT2D eigenvalue weighted by Gasteiger charge is 2.26. The number of allylic oxidation sites excluding steroid dienone is 1. The minimum atomic E-state index is 0.0301. The summed E-state index contributed by atoms with van der Waals surface area (Å²) in [6.07, 6.45) is 11.9. The molecule has 0 spiro atoms. The molecule has 2 aromatic rings. The number of carbonyl (C=O) groups excluding carboxylic acids is 1. The molecule has 1 amide bonds. The summed E-state index contributed by atoms with van der Waals surface area (Å²) >= 11 is 0. The predicted molar refractivity (Wildman–Crippen MR) is 99.9 cm³/mol. The molecule has 4 rings (SSSR count). The average molecular weight is 354 g/mol. The van der Waals surface area contributed by atoms with Crippen LogP contribution in [-0.2, 0) is 4.79 Å². The van der Waals surface area contributed by atoms with Gasteiger partial charge >= 0.3 is 0 Å². The van der Waals surface area contributed by atoms with E-state index in [0.29, 0.717) is 0 Å². The summed E-state index contributed by atoms with van der Waals surface area (Å²) in [5.41, 5.74) is 2.24. The first kappa shape index (κ1) is 17.0. The van der Waals surface area contributed by atoms with Crippen molar-refractivity contribution in [1.82, 2.24) is 25.1 Å². The van der Waals surface area contributed by atoms with Gasteiger partial charge in [-0.15, -0.1) is 15.3 Å². The monoisotopic (exact) mass is 354 g/mol. The molecule has 0 bridgehead atoms. The third-order valence-corrected chi connectivity index (χ3v) is 5.39. The molecule has 2 aliphatic rings. The fraction of sp³-hybridized carbons (Fsp3) is 0.579. The van der Waals surface area contributed by atoms with Crippen LogP contribution in [0.15, 0.2) is 30.1 Å². The quantitative estimate of drug-likeness (QED) is 0.834. The smallest absolute Gasteiger partial charge is 0.224 e. The maximum atomic E-state index is 12.6. The number of anilines is 1. The molecule has 1 saturated heterocycles. The van der Waals surface area contributed by atoms with Crippen LogP contribution in [0.5, 0.6) is 0 Å². The van der Waals surface area contributed by atoms with Crippen molar-refractivity contribution in [2.75, 3.05) is 24.5 Å². The molecule has 7 heteroatoms. The van der Waals surface area contributed by atoms with Crippen LogP contribution >= 0.6 is 0 Å². The average Bonchev–Trinajstić information content (AvgIpc) is 3.16. The lowest BCUT2D eigenvalue weighted by atomic mass is 9.96. The lowest BCUT2D eigenvalue weighted by Gasteiger charge is -2.32. The van der Waals surface area contributed by atoms with Gasteiger partial charge in [0.05, 0.1) is 5.92 Å². The van der Waals surface area contributed by atoms with Crippen LogP contribution in [0.3, 0.4) is 0 Å². The van der Waals surface area contributed by atoms with Crippen LogP contribution in [-0.4, -0.2) is 45.4 Å². The van der Waals surface area contributed by atoms with Gasteiger partial charge in [-0.25, -0.2) is 0 Å². The molecule has 2 aromatic heterocycles. The van der Waals surface area contributed by atoms with Gasteiger partial charge in [-0.3, -0.25) is 4.79 Å². The van der Waals surface area contributed by atoms with Gasteiger partial charge in [0.1, 0.15) is 12.1 Å². The van der Waals surface area contributed by atoms with E-state index in [-0.39, 0.29) is 11.8 Å². The van der Waals surface area contributed by atoms with Gasteiger partial charge in [0.25, 0.3) is 0 Å². The van der Waals surface area contributed by atoms with E-state index < -0.39 is 0 Å². The zero-order valence-corrected chi connectivity index (χ0v) is 15.1. The Labute approximate surface area is 153 Å². The van der Waals surface area contributed by atoms with E-state index in [2.05, 4.69) is 31.6 Å². The number of hydrogen-bond donors (Lipinski definition) is 1. The van der Waals surface area contributed by atoms with Crippen LogP contribution in [0, 0.1) is 5.92 Å². The Kier molecular flexibility index (Phi) is 5.13. The second-order valence-corrected chi connectivity index (χ2v) is 7.26. The molecule has 0 radical (unpaired) electrons. The number of aromatic nitrogens is 4. The topological polar surface area (TPSA) is 75.4 Å². The van der Waals surface area contributed by atoms with E-state index in [0.717, 1.165) is 50.4 Å². The van der Waals surface area contributed by atoms with Crippen molar-refractivity contribution in [2.45, 2.75) is 44.9 Å². The number of rotatable bonds is 5. The standard InChI is InChI=1S/C19H26N6O/c26-19(20-11-10-15-5-2-1-3-6-15)16-7-4-12-24(13-16)18-9-8-17-22-21-14-25(17)23-18/h5,8-9,14,16H,1-4,6-7,10-13H2,(H,20,26)/t16-/m1/s1. The first-order valence-electron chi connectivity index (χ1n) is 9.67. The Morgan fingerprint density at radius 1 is 1.27 bits per heavy atom. The van der Waals surface area contributed by atoms with Gasteiger partial charge in [0, 0.05) is 19.6 Å². The maximum absolute atomic E-state index is 12.6. The lowest BCUT2D eigenvalue weighted by molar-refractivity contribution is -0.125. The second-order valence-electron chi connectivity index (χ2n) is 7.26. The maximum Gasteiger partial charge on any atom is 0.224 e. The second kappa shape index (κ2) is 7.85. The molecule has 138 valence electrons. The van der Waals surface area contributed by atoms with Crippen LogP contribution in [0.25, 0.3) is 5.65 Å². The van der Waals surface area contributed by atoms with Gasteiger partial charge in [0.15, 0.2) is 5.65 Å². The Morgan fingerprint density at radius 2 is 2.23 bits per heavy atom. The lowest BCUT2D eigenvalue weighted by Crippen LogP contribution is -2.43. The molecule has 0 aromatic carbocycles. The first-order valence-corrected chi connectivity index (χ1v) is 9.67. The van der Waals surface area contributed by atoms with E-state index in [1.165, 1.54) is 31.3 Å². The zero-order valence-electron chi connectivity index (χ0n) is 15.1. The van der Waals surface area contributed by atoms with Crippen LogP contribution in [0.4, 0.5) is 5.82 Å². The van der Waals surface area contributed by atoms with E-state index in [4.69, 9.17) is 0 Å². The molecule has 26 heavy (non-hydrogen) atoms. The van der Waals surface area contributed by atoms with E-state index in [1.807, 2.05) is 12.1 Å². The van der Waals surface area contributed by atoms with Crippen molar-refractivity contribution in [3.63, 3.8) is 0 Å². The molecular formula is C19H26N6O. The Bertz CT molecular complexity index is 798. The fourth-order valence-corrected chi connectivity index (χ4v) is 3.91. The number of piperidine rings is 1. The summed E-state index contributed by atoms with van der Waals surface area (Å²) in [6, 6.07) is 3.87. The first-order chi connectivity index (χ1) is 12.8. The summed E-state index contributed by atoms with van der Waals surface area (Å²) < 4.78 is 1.68. The summed E-state index contributed by atoms with van der Waals surface area (Å²) in [7, 11) is 0. The van der Waals surface area contributed by atoms with Crippen molar-refractivity contribution >= 4 is 17.4 Å². The van der Waals surface area contributed by atoms with E-state index in [9.17, 15) is 4.79 Å². The van der Waals surface area contributed by atoms with Gasteiger partial charge in [-0.2, -0.15) is 4.52 Å². The largest absolute Gasteiger partial charge is 0.355 e. The summed E-state index contributed by atoms with van der Waals surface area (Å²) in [5.74, 6) is 1.08. The molecule has 0 saturated carbocycles. The molecular weight excluding hydrogens is 328 g/mol. The highest BCUT2D eigenvalue weighted by molar-refractivity contribution is 5.79. The molecule has 3 heterocycles. The highest BCUT2D eigenvalue weighted by Crippen LogP contribution is 2.22. The van der Waals surface area contributed by atoms with Crippen molar-refractivity contribution in [3.05, 3.63) is 30.1 Å². The molecule has 7 nitrogen and oxygen atoms in total. The Morgan fingerprint density at radius 3 is 3.12 bits per heavy atom. The highest BCUT2D eigenvalue weighted by atomic mass is 16.1. The molecule has 1 fully saturated rings. The Balaban J connectivity index is 1.32. The van der Waals surface area contributed by atoms with Crippen molar-refractivity contribution < 1.29 is 4.79 Å². The van der Waals surface area contributed by atoms with Crippen molar-refractivity contribution in [2.24, 2.45) is 5.92 Å². The number of amides is 1. The van der Waals surface area contributed by atoms with E-state index in [1.54, 1.807) is 10.8 Å². The van der Waals surface area contributed by atoms with Gasteiger partial charge < -0.3 is 10.2 Å². The molecule has 0 unspecified atom stereocenters. The molecule has 1 aliphatic heterocycles. The fourth-order valence-electron chi connectivity index (χ4n) is 3.91. The van der Waals surface area contributed by atoms with Gasteiger partial charge in [0.2, 0.25) is 5.91 Å². The van der Waals surface area contributed by atoms with Crippen LogP contribution in [0.2, 0.25) is 0 Å². The number of nitrogens with zero attached hydrogens (tertiary/aromatic N) is 5. The van der Waals surface area contributed by atoms with E-state index >= 15 is 0 Å². The predicted octanol–water partition coefficient (Wildman–Crippen LogP) is 2.35. The number of carbonyl (C=O) groups is 1. The van der Waals surface area contributed by atoms with Gasteiger partial charge in [-0.1, -0.05) is 11.6 Å². The van der Waals surface area contributed by atoms with Crippen molar-refractivity contribution in [1.29, 1.82) is 0 Å². The normalized spacial score (nSPS) is 20.8. The van der Waals surface area contributed by atoms with Crippen LogP contribution in [0.1, 0.15) is 44.9 Å². The number of fused-ring (bicyclic) bond motifs is 1. The summed E-state index contributed by atoms with van der Waals surface area (Å²) in [4.78, 5) is 14.8. The minimum Gasteiger partial charge on any atom is -0.355 e. The third-order valence-electron chi connectivity index (χ3n) is 5.39. The minimum absolute atomic E-state index is 0.0301. The molecule has 1 N–H and O–H groups in total. The number of nitrogens with one attached hydrogen (secondary N) is 1.